The van der Waals surface area contributed by atoms with Crippen LogP contribution in [0.1, 0.15) is 0 Å². The Kier molecular flexibility index (Phi) is 4.27. The summed E-state index contributed by atoms with van der Waals surface area (Å²) in [5.41, 5.74) is 0.310. The molecule has 5 heteroatoms. The van der Waals surface area contributed by atoms with Crippen molar-refractivity contribution in [2.24, 2.45) is 5.28 Å². The highest BCUT2D eigenvalue weighted by molar-refractivity contribution is 5.75. The largest absolute Gasteiger partial charge is 0.592 e. The summed E-state index contributed by atoms with van der Waals surface area (Å²) in [6.07, 6.45) is 0. The molecule has 1 aromatic carbocycles. The van der Waals surface area contributed by atoms with Crippen molar-refractivity contribution in [1.82, 2.24) is 0 Å². The first-order valence-corrected chi connectivity index (χ1v) is 2.72. The molecule has 0 heterocycles. The minimum atomic E-state index is 0. The van der Waals surface area contributed by atoms with Crippen LogP contribution in [-0.4, -0.2) is 27.4 Å². The number of para-hydroxylation sites is 1. The van der Waals surface area contributed by atoms with E-state index in [0.717, 1.165) is 0 Å². The molecule has 1 rings (SSSR count). The molecule has 0 fully saturated rings. The average Bonchev–Trinajstić information content (AvgIpc) is 2.05. The molecule has 0 aliphatic heterocycles. The van der Waals surface area contributed by atoms with Crippen LogP contribution in [0.3, 0.4) is 0 Å². The third-order valence-electron chi connectivity index (χ3n) is 1.06. The fraction of sp³-hybridized carbons (Fsp3) is 0. The number of rotatable bonds is 1. The Morgan fingerprint density at radius 1 is 1.27 bits per heavy atom. The SMILES string of the molecule is [Al].[O-][N+](=NO)c1ccccc1. The molecular weight excluding hydrogens is 159 g/mol. The van der Waals surface area contributed by atoms with Crippen molar-refractivity contribution in [3.63, 3.8) is 0 Å². The maximum atomic E-state index is 10.5. The minimum absolute atomic E-state index is 0. The Labute approximate surface area is 74.5 Å². The van der Waals surface area contributed by atoms with E-state index in [-0.39, 0.29) is 22.2 Å². The van der Waals surface area contributed by atoms with Crippen LogP contribution in [0.2, 0.25) is 0 Å². The fourth-order valence-corrected chi connectivity index (χ4v) is 0.607. The van der Waals surface area contributed by atoms with E-state index in [2.05, 4.69) is 5.28 Å². The minimum Gasteiger partial charge on any atom is -0.592 e. The quantitative estimate of drug-likeness (QED) is 0.295. The molecule has 1 aromatic rings. The predicted octanol–water partition coefficient (Wildman–Crippen LogP) is 1.29. The van der Waals surface area contributed by atoms with Gasteiger partial charge in [-0.3, -0.25) is 0 Å². The van der Waals surface area contributed by atoms with Gasteiger partial charge in [0.2, 0.25) is 11.0 Å². The van der Waals surface area contributed by atoms with E-state index in [1.165, 1.54) is 0 Å². The second-order valence-electron chi connectivity index (χ2n) is 1.70. The van der Waals surface area contributed by atoms with Gasteiger partial charge in [-0.05, 0) is 4.86 Å². The van der Waals surface area contributed by atoms with Crippen molar-refractivity contribution in [3.8, 4) is 0 Å². The Hall–Kier alpha value is -1.05. The summed E-state index contributed by atoms with van der Waals surface area (Å²) in [5.74, 6) is 0. The smallest absolute Gasteiger partial charge is 0.248 e. The van der Waals surface area contributed by atoms with E-state index >= 15 is 0 Å². The van der Waals surface area contributed by atoms with Gasteiger partial charge in [-0.2, -0.15) is 0 Å². The third-order valence-corrected chi connectivity index (χ3v) is 1.06. The van der Waals surface area contributed by atoms with Crippen molar-refractivity contribution in [2.45, 2.75) is 0 Å². The molecule has 4 nitrogen and oxygen atoms in total. The molecule has 0 aromatic heterocycles. The van der Waals surface area contributed by atoms with E-state index in [4.69, 9.17) is 5.21 Å². The summed E-state index contributed by atoms with van der Waals surface area (Å²) in [6.45, 7) is 0. The zero-order valence-electron chi connectivity index (χ0n) is 5.71. The van der Waals surface area contributed by atoms with Crippen LogP contribution in [0.5, 0.6) is 0 Å². The lowest BCUT2D eigenvalue weighted by atomic mass is 10.3. The van der Waals surface area contributed by atoms with Crippen molar-refractivity contribution < 1.29 is 10.1 Å². The van der Waals surface area contributed by atoms with Crippen LogP contribution in [0.15, 0.2) is 35.6 Å². The predicted molar refractivity (Wildman–Crippen MR) is 39.7 cm³/mol. The Morgan fingerprint density at radius 2 is 1.82 bits per heavy atom. The zero-order chi connectivity index (χ0) is 7.40. The summed E-state index contributed by atoms with van der Waals surface area (Å²) in [4.78, 5) is 0.139. The van der Waals surface area contributed by atoms with Crippen molar-refractivity contribution >= 4 is 23.0 Å². The van der Waals surface area contributed by atoms with Crippen molar-refractivity contribution in [2.75, 3.05) is 0 Å². The van der Waals surface area contributed by atoms with Gasteiger partial charge in [-0.1, -0.05) is 18.2 Å². The van der Waals surface area contributed by atoms with Gasteiger partial charge in [0.25, 0.3) is 0 Å². The Morgan fingerprint density at radius 3 is 2.27 bits per heavy atom. The highest BCUT2D eigenvalue weighted by Crippen LogP contribution is 2.08. The van der Waals surface area contributed by atoms with Crippen molar-refractivity contribution in [1.29, 1.82) is 0 Å². The van der Waals surface area contributed by atoms with Gasteiger partial charge in [0.15, 0.2) is 0 Å². The molecule has 0 saturated carbocycles. The number of hydrogen-bond donors (Lipinski definition) is 1. The second kappa shape index (κ2) is 4.72. The maximum Gasteiger partial charge on any atom is 0.248 e. The molecule has 11 heavy (non-hydrogen) atoms. The van der Waals surface area contributed by atoms with Crippen LogP contribution in [0.25, 0.3) is 0 Å². The van der Waals surface area contributed by atoms with E-state index < -0.39 is 0 Å². The number of hydrogen-bond acceptors (Lipinski definition) is 2. The summed E-state index contributed by atoms with van der Waals surface area (Å²) < 4.78 is 0. The average molecular weight is 165 g/mol. The summed E-state index contributed by atoms with van der Waals surface area (Å²) in [7, 11) is 0. The summed E-state index contributed by atoms with van der Waals surface area (Å²) in [6, 6.07) is 8.24. The standard InChI is InChI=1S/C6H6N2O2.Al/c9-7-8(10)6-4-2-1-3-5-6;/h1-5,9H;. The zero-order valence-corrected chi connectivity index (χ0v) is 6.87. The highest BCUT2D eigenvalue weighted by Gasteiger charge is 1.98. The maximum absolute atomic E-state index is 10.5. The summed E-state index contributed by atoms with van der Waals surface area (Å²) >= 11 is 0. The Bertz CT molecular complexity index is 238. The van der Waals surface area contributed by atoms with Gasteiger partial charge in [0.1, 0.15) is 0 Å². The van der Waals surface area contributed by atoms with E-state index in [1.54, 1.807) is 30.3 Å². The number of benzene rings is 1. The number of nitrogens with zero attached hydrogens (tertiary/aromatic N) is 2. The second-order valence-corrected chi connectivity index (χ2v) is 1.70. The first-order chi connectivity index (χ1) is 4.84. The molecule has 0 saturated heterocycles. The Balaban J connectivity index is 0.000001000. The molecule has 0 aliphatic carbocycles. The van der Waals surface area contributed by atoms with Gasteiger partial charge in [0.05, 0.1) is 0 Å². The third kappa shape index (κ3) is 2.58. The lowest BCUT2D eigenvalue weighted by molar-refractivity contribution is -0.473. The first-order valence-electron chi connectivity index (χ1n) is 2.72. The monoisotopic (exact) mass is 165 g/mol. The lowest BCUT2D eigenvalue weighted by Crippen LogP contribution is -1.88. The fourth-order valence-electron chi connectivity index (χ4n) is 0.607. The van der Waals surface area contributed by atoms with Gasteiger partial charge in [-0.25, -0.2) is 0 Å². The molecule has 0 aliphatic rings. The molecule has 55 valence electrons. The molecule has 0 spiro atoms. The lowest BCUT2D eigenvalue weighted by Gasteiger charge is -1.93. The molecule has 0 bridgehead atoms. The highest BCUT2D eigenvalue weighted by atomic mass is 27.0. The van der Waals surface area contributed by atoms with E-state index in [9.17, 15) is 5.21 Å². The molecule has 0 atom stereocenters. The van der Waals surface area contributed by atoms with Gasteiger partial charge >= 0.3 is 0 Å². The van der Waals surface area contributed by atoms with Crippen molar-refractivity contribution in [3.05, 3.63) is 35.5 Å². The van der Waals surface area contributed by atoms with Crippen LogP contribution in [0, 0.1) is 5.21 Å². The van der Waals surface area contributed by atoms with Gasteiger partial charge in [-0.15, -0.1) is 0 Å². The van der Waals surface area contributed by atoms with Gasteiger partial charge in [0, 0.05) is 29.5 Å². The molecule has 0 amide bonds. The molecule has 0 unspecified atom stereocenters. The first kappa shape index (κ1) is 9.95. The van der Waals surface area contributed by atoms with Crippen LogP contribution in [0.4, 0.5) is 5.69 Å². The molecule has 3 radical (unpaired) electrons. The van der Waals surface area contributed by atoms with Crippen LogP contribution in [-0.2, 0) is 0 Å². The topological polar surface area (TPSA) is 58.7 Å². The normalized spacial score (nSPS) is 10.4. The van der Waals surface area contributed by atoms with Crippen LogP contribution < -0.4 is 0 Å². The summed E-state index contributed by atoms with van der Waals surface area (Å²) in [5, 5.41) is 21.0. The van der Waals surface area contributed by atoms with E-state index in [0.29, 0.717) is 5.69 Å². The molecular formula is C6H6AlN2O2. The van der Waals surface area contributed by atoms with E-state index in [1.807, 2.05) is 0 Å². The van der Waals surface area contributed by atoms with Crippen LogP contribution >= 0.6 is 0 Å². The molecule has 1 N–H and O–H groups in total. The van der Waals surface area contributed by atoms with Gasteiger partial charge < -0.3 is 10.4 Å².